The average molecular weight is 349 g/mol. The van der Waals surface area contributed by atoms with Crippen molar-refractivity contribution >= 4 is 11.7 Å². The molecular weight excluding hydrogens is 328 g/mol. The molecule has 7 heteroatoms. The third-order valence-electron chi connectivity index (χ3n) is 3.53. The van der Waals surface area contributed by atoms with E-state index in [2.05, 4.69) is 15.4 Å². The minimum atomic E-state index is -2.90. The Morgan fingerprint density at radius 2 is 1.68 bits per heavy atom. The largest absolute Gasteiger partial charge is 0.434 e. The number of para-hydroxylation sites is 1. The Kier molecular flexibility index (Phi) is 6.56. The second-order valence-corrected chi connectivity index (χ2v) is 5.58. The van der Waals surface area contributed by atoms with Crippen LogP contribution in [0.2, 0.25) is 0 Å². The van der Waals surface area contributed by atoms with E-state index in [0.29, 0.717) is 12.1 Å². The van der Waals surface area contributed by atoms with Crippen molar-refractivity contribution in [2.45, 2.75) is 19.7 Å². The van der Waals surface area contributed by atoms with Crippen LogP contribution in [0.5, 0.6) is 5.75 Å². The summed E-state index contributed by atoms with van der Waals surface area (Å²) in [5, 5.41) is 5.35. The highest BCUT2D eigenvalue weighted by Crippen LogP contribution is 2.19. The van der Waals surface area contributed by atoms with Gasteiger partial charge in [0, 0.05) is 38.4 Å². The fourth-order valence-corrected chi connectivity index (χ4v) is 2.19. The summed E-state index contributed by atoms with van der Waals surface area (Å²) in [6.07, 6.45) is 0. The third-order valence-corrected chi connectivity index (χ3v) is 3.53. The van der Waals surface area contributed by atoms with E-state index in [0.717, 1.165) is 11.3 Å². The Morgan fingerprint density at radius 1 is 1.04 bits per heavy atom. The predicted octanol–water partition coefficient (Wildman–Crippen LogP) is 3.35. The molecule has 2 aromatic rings. The van der Waals surface area contributed by atoms with Crippen LogP contribution >= 0.6 is 0 Å². The Labute approximate surface area is 145 Å². The Hall–Kier alpha value is -2.83. The maximum Gasteiger partial charge on any atom is 0.387 e. The van der Waals surface area contributed by atoms with E-state index in [-0.39, 0.29) is 18.3 Å². The molecule has 0 aromatic heterocycles. The van der Waals surface area contributed by atoms with Gasteiger partial charge in [0.1, 0.15) is 5.75 Å². The van der Waals surface area contributed by atoms with Crippen molar-refractivity contribution in [1.82, 2.24) is 10.6 Å². The smallest absolute Gasteiger partial charge is 0.387 e. The van der Waals surface area contributed by atoms with Gasteiger partial charge in [-0.1, -0.05) is 30.3 Å². The topological polar surface area (TPSA) is 53.6 Å². The van der Waals surface area contributed by atoms with Crippen LogP contribution in [0.4, 0.5) is 19.3 Å². The first-order valence-electron chi connectivity index (χ1n) is 7.76. The maximum absolute atomic E-state index is 12.4. The molecule has 0 aliphatic carbocycles. The number of carbonyl (C=O) groups excluding carboxylic acids is 1. The lowest BCUT2D eigenvalue weighted by molar-refractivity contribution is -0.0504. The molecule has 2 rings (SSSR count). The minimum Gasteiger partial charge on any atom is -0.434 e. The van der Waals surface area contributed by atoms with E-state index in [1.165, 1.54) is 6.07 Å². The van der Waals surface area contributed by atoms with Gasteiger partial charge in [-0.05, 0) is 23.8 Å². The highest BCUT2D eigenvalue weighted by atomic mass is 19.3. The van der Waals surface area contributed by atoms with Crippen molar-refractivity contribution in [1.29, 1.82) is 0 Å². The SMILES string of the molecule is CN(C)c1ccc(CNC(=O)NCc2ccccc2OC(F)F)cc1. The molecule has 0 aliphatic rings. The van der Waals surface area contributed by atoms with Gasteiger partial charge in [-0.15, -0.1) is 0 Å². The van der Waals surface area contributed by atoms with Crippen LogP contribution in [0.25, 0.3) is 0 Å². The lowest BCUT2D eigenvalue weighted by Gasteiger charge is -2.13. The maximum atomic E-state index is 12.4. The average Bonchev–Trinajstić information content (AvgIpc) is 2.59. The molecule has 2 aromatic carbocycles. The van der Waals surface area contributed by atoms with Crippen molar-refractivity contribution < 1.29 is 18.3 Å². The molecule has 0 atom stereocenters. The molecule has 2 amide bonds. The number of nitrogens with one attached hydrogen (secondary N) is 2. The van der Waals surface area contributed by atoms with E-state index in [1.807, 2.05) is 43.3 Å². The first kappa shape index (κ1) is 18.5. The fraction of sp³-hybridized carbons (Fsp3) is 0.278. The number of rotatable bonds is 7. The first-order chi connectivity index (χ1) is 12.0. The van der Waals surface area contributed by atoms with Gasteiger partial charge in [-0.25, -0.2) is 4.79 Å². The molecule has 0 spiro atoms. The first-order valence-corrected chi connectivity index (χ1v) is 7.76. The molecular formula is C18H21F2N3O2. The van der Waals surface area contributed by atoms with E-state index in [9.17, 15) is 13.6 Å². The van der Waals surface area contributed by atoms with Crippen LogP contribution in [0.15, 0.2) is 48.5 Å². The van der Waals surface area contributed by atoms with Gasteiger partial charge in [0.2, 0.25) is 0 Å². The van der Waals surface area contributed by atoms with Gasteiger partial charge < -0.3 is 20.3 Å². The van der Waals surface area contributed by atoms with Crippen LogP contribution in [0.3, 0.4) is 0 Å². The number of amides is 2. The number of anilines is 1. The molecule has 0 unspecified atom stereocenters. The van der Waals surface area contributed by atoms with Crippen molar-refractivity contribution in [2.24, 2.45) is 0 Å². The Morgan fingerprint density at radius 3 is 2.32 bits per heavy atom. The quantitative estimate of drug-likeness (QED) is 0.806. The van der Waals surface area contributed by atoms with Crippen molar-refractivity contribution in [3.05, 3.63) is 59.7 Å². The summed E-state index contributed by atoms with van der Waals surface area (Å²) in [6, 6.07) is 13.8. The number of halogens is 2. The number of ether oxygens (including phenoxy) is 1. The second-order valence-electron chi connectivity index (χ2n) is 5.58. The van der Waals surface area contributed by atoms with E-state index in [1.54, 1.807) is 18.2 Å². The van der Waals surface area contributed by atoms with Crippen LogP contribution in [-0.4, -0.2) is 26.7 Å². The van der Waals surface area contributed by atoms with Crippen molar-refractivity contribution in [3.63, 3.8) is 0 Å². The summed E-state index contributed by atoms with van der Waals surface area (Å²) in [5.74, 6) is 0.0528. The number of alkyl halides is 2. The molecule has 0 heterocycles. The zero-order chi connectivity index (χ0) is 18.2. The number of urea groups is 1. The molecule has 0 saturated heterocycles. The van der Waals surface area contributed by atoms with Gasteiger partial charge in [0.25, 0.3) is 0 Å². The Balaban J connectivity index is 1.83. The number of nitrogens with zero attached hydrogens (tertiary/aromatic N) is 1. The number of benzene rings is 2. The van der Waals surface area contributed by atoms with Gasteiger partial charge in [-0.3, -0.25) is 0 Å². The molecule has 25 heavy (non-hydrogen) atoms. The normalized spacial score (nSPS) is 10.4. The summed E-state index contributed by atoms with van der Waals surface area (Å²) in [7, 11) is 3.91. The Bertz CT molecular complexity index is 691. The van der Waals surface area contributed by atoms with E-state index in [4.69, 9.17) is 0 Å². The molecule has 0 saturated carbocycles. The van der Waals surface area contributed by atoms with Gasteiger partial charge >= 0.3 is 12.6 Å². The number of carbonyl (C=O) groups is 1. The summed E-state index contributed by atoms with van der Waals surface area (Å²) < 4.78 is 29.2. The zero-order valence-corrected chi connectivity index (χ0v) is 14.1. The summed E-state index contributed by atoms with van der Waals surface area (Å²) in [6.45, 7) is -2.44. The molecule has 5 nitrogen and oxygen atoms in total. The van der Waals surface area contributed by atoms with Crippen molar-refractivity contribution in [2.75, 3.05) is 19.0 Å². The minimum absolute atomic E-state index is 0.0528. The standard InChI is InChI=1S/C18H21F2N3O2/c1-23(2)15-9-7-13(8-10-15)11-21-18(24)22-12-14-5-3-4-6-16(14)25-17(19)20/h3-10,17H,11-12H2,1-2H3,(H2,21,22,24). The molecule has 0 fully saturated rings. The summed E-state index contributed by atoms with van der Waals surface area (Å²) in [4.78, 5) is 13.9. The van der Waals surface area contributed by atoms with Crippen LogP contribution in [-0.2, 0) is 13.1 Å². The van der Waals surface area contributed by atoms with Gasteiger partial charge in [0.05, 0.1) is 0 Å². The highest BCUT2D eigenvalue weighted by molar-refractivity contribution is 5.73. The number of hydrogen-bond donors (Lipinski definition) is 2. The second kappa shape index (κ2) is 8.86. The van der Waals surface area contributed by atoms with E-state index >= 15 is 0 Å². The van der Waals surface area contributed by atoms with Crippen LogP contribution in [0, 0.1) is 0 Å². The monoisotopic (exact) mass is 349 g/mol. The van der Waals surface area contributed by atoms with Gasteiger partial charge in [0.15, 0.2) is 0 Å². The van der Waals surface area contributed by atoms with E-state index < -0.39 is 6.61 Å². The third kappa shape index (κ3) is 5.95. The molecule has 0 bridgehead atoms. The summed E-state index contributed by atoms with van der Waals surface area (Å²) >= 11 is 0. The molecule has 2 N–H and O–H groups in total. The highest BCUT2D eigenvalue weighted by Gasteiger charge is 2.10. The zero-order valence-electron chi connectivity index (χ0n) is 14.1. The lowest BCUT2D eigenvalue weighted by Crippen LogP contribution is -2.34. The van der Waals surface area contributed by atoms with Gasteiger partial charge in [-0.2, -0.15) is 8.78 Å². The lowest BCUT2D eigenvalue weighted by atomic mass is 10.2. The van der Waals surface area contributed by atoms with Crippen LogP contribution < -0.4 is 20.3 Å². The molecule has 134 valence electrons. The van der Waals surface area contributed by atoms with Crippen molar-refractivity contribution in [3.8, 4) is 5.75 Å². The molecule has 0 radical (unpaired) electrons. The predicted molar refractivity (Wildman–Crippen MR) is 92.9 cm³/mol. The fourth-order valence-electron chi connectivity index (χ4n) is 2.19. The van der Waals surface area contributed by atoms with Crippen LogP contribution in [0.1, 0.15) is 11.1 Å². The summed E-state index contributed by atoms with van der Waals surface area (Å²) in [5.41, 5.74) is 2.51. The molecule has 0 aliphatic heterocycles. The number of hydrogen-bond acceptors (Lipinski definition) is 3.